The minimum atomic E-state index is -0.767. The molecule has 1 saturated heterocycles. The predicted molar refractivity (Wildman–Crippen MR) is 101 cm³/mol. The zero-order chi connectivity index (χ0) is 18.7. The Morgan fingerprint density at radius 1 is 1.12 bits per heavy atom. The molecular formula is C19H15BrN2O4. The van der Waals surface area contributed by atoms with Crippen LogP contribution in [0.25, 0.3) is 6.08 Å². The van der Waals surface area contributed by atoms with Gasteiger partial charge in [-0.05, 0) is 58.8 Å². The van der Waals surface area contributed by atoms with E-state index in [9.17, 15) is 14.4 Å². The maximum absolute atomic E-state index is 12.7. The zero-order valence-electron chi connectivity index (χ0n) is 13.9. The van der Waals surface area contributed by atoms with Crippen molar-refractivity contribution < 1.29 is 19.1 Å². The van der Waals surface area contributed by atoms with E-state index in [-0.39, 0.29) is 5.57 Å². The molecule has 1 heterocycles. The van der Waals surface area contributed by atoms with Crippen LogP contribution in [0.15, 0.2) is 58.6 Å². The summed E-state index contributed by atoms with van der Waals surface area (Å²) < 4.78 is 6.15. The Balaban J connectivity index is 1.97. The fourth-order valence-corrected chi connectivity index (χ4v) is 3.03. The SMILES string of the molecule is CCOc1ccc(/C=C2\C(=O)NC(=O)N(c3ccccc3)C2=O)cc1Br. The van der Waals surface area contributed by atoms with Crippen LogP contribution in [-0.4, -0.2) is 24.5 Å². The molecule has 0 bridgehead atoms. The molecular weight excluding hydrogens is 400 g/mol. The van der Waals surface area contributed by atoms with Crippen molar-refractivity contribution >= 4 is 45.5 Å². The normalized spacial score (nSPS) is 16.0. The van der Waals surface area contributed by atoms with Crippen molar-refractivity contribution in [2.75, 3.05) is 11.5 Å². The van der Waals surface area contributed by atoms with Crippen LogP contribution in [0.3, 0.4) is 0 Å². The lowest BCUT2D eigenvalue weighted by atomic mass is 10.1. The highest BCUT2D eigenvalue weighted by Gasteiger charge is 2.36. The zero-order valence-corrected chi connectivity index (χ0v) is 15.4. The number of urea groups is 1. The Morgan fingerprint density at radius 2 is 1.85 bits per heavy atom. The highest BCUT2D eigenvalue weighted by molar-refractivity contribution is 9.10. The van der Waals surface area contributed by atoms with E-state index in [0.29, 0.717) is 28.1 Å². The van der Waals surface area contributed by atoms with Crippen molar-refractivity contribution in [1.82, 2.24) is 5.32 Å². The summed E-state index contributed by atoms with van der Waals surface area (Å²) in [5.41, 5.74) is 0.895. The van der Waals surface area contributed by atoms with Crippen molar-refractivity contribution in [3.05, 3.63) is 64.1 Å². The number of amides is 4. The van der Waals surface area contributed by atoms with Crippen LogP contribution in [0.4, 0.5) is 10.5 Å². The number of hydrogen-bond donors (Lipinski definition) is 1. The quantitative estimate of drug-likeness (QED) is 0.613. The Hall–Kier alpha value is -2.93. The summed E-state index contributed by atoms with van der Waals surface area (Å²) in [5, 5.41) is 2.20. The second-order valence-electron chi connectivity index (χ2n) is 5.42. The van der Waals surface area contributed by atoms with E-state index in [1.807, 2.05) is 6.92 Å². The van der Waals surface area contributed by atoms with Gasteiger partial charge in [0.15, 0.2) is 0 Å². The molecule has 2 aromatic carbocycles. The molecule has 3 rings (SSSR count). The molecule has 1 aliphatic rings. The fourth-order valence-electron chi connectivity index (χ4n) is 2.52. The minimum absolute atomic E-state index is 0.121. The summed E-state index contributed by atoms with van der Waals surface area (Å²) in [6.07, 6.45) is 1.44. The summed E-state index contributed by atoms with van der Waals surface area (Å²) >= 11 is 3.40. The number of halogens is 1. The van der Waals surface area contributed by atoms with E-state index in [1.54, 1.807) is 48.5 Å². The second kappa shape index (κ2) is 7.53. The van der Waals surface area contributed by atoms with Crippen LogP contribution in [0.5, 0.6) is 5.75 Å². The minimum Gasteiger partial charge on any atom is -0.493 e. The lowest BCUT2D eigenvalue weighted by molar-refractivity contribution is -0.122. The predicted octanol–water partition coefficient (Wildman–Crippen LogP) is 3.51. The summed E-state index contributed by atoms with van der Waals surface area (Å²) in [6.45, 7) is 2.40. The number of nitrogens with zero attached hydrogens (tertiary/aromatic N) is 1. The van der Waals surface area contributed by atoms with Crippen LogP contribution in [0.1, 0.15) is 12.5 Å². The van der Waals surface area contributed by atoms with Gasteiger partial charge in [0, 0.05) is 0 Å². The molecule has 2 aromatic rings. The van der Waals surface area contributed by atoms with Gasteiger partial charge in [0.2, 0.25) is 0 Å². The lowest BCUT2D eigenvalue weighted by Crippen LogP contribution is -2.54. The number of carbonyl (C=O) groups is 3. The third-order valence-electron chi connectivity index (χ3n) is 3.68. The molecule has 7 heteroatoms. The standard InChI is InChI=1S/C19H15BrN2O4/c1-2-26-16-9-8-12(11-15(16)20)10-14-17(23)21-19(25)22(18(14)24)13-6-4-3-5-7-13/h3-11H,2H2,1H3,(H,21,23,25)/b14-10+. The molecule has 0 aromatic heterocycles. The molecule has 132 valence electrons. The van der Waals surface area contributed by atoms with Gasteiger partial charge in [-0.3, -0.25) is 14.9 Å². The van der Waals surface area contributed by atoms with Gasteiger partial charge in [-0.2, -0.15) is 0 Å². The summed E-state index contributed by atoms with van der Waals surface area (Å²) in [6, 6.07) is 12.9. The van der Waals surface area contributed by atoms with Crippen LogP contribution >= 0.6 is 15.9 Å². The van der Waals surface area contributed by atoms with Crippen LogP contribution in [-0.2, 0) is 9.59 Å². The molecule has 0 spiro atoms. The van der Waals surface area contributed by atoms with E-state index in [1.165, 1.54) is 6.08 Å². The van der Waals surface area contributed by atoms with Crippen LogP contribution in [0.2, 0.25) is 0 Å². The van der Waals surface area contributed by atoms with Gasteiger partial charge in [-0.15, -0.1) is 0 Å². The van der Waals surface area contributed by atoms with Crippen LogP contribution < -0.4 is 15.0 Å². The number of anilines is 1. The maximum atomic E-state index is 12.7. The van der Waals surface area contributed by atoms with Gasteiger partial charge in [-0.1, -0.05) is 24.3 Å². The highest BCUT2D eigenvalue weighted by Crippen LogP contribution is 2.28. The molecule has 0 radical (unpaired) electrons. The van der Waals surface area contributed by atoms with Gasteiger partial charge >= 0.3 is 6.03 Å². The first kappa shape index (κ1) is 17.9. The summed E-state index contributed by atoms with van der Waals surface area (Å²) in [5.74, 6) is -0.734. The smallest absolute Gasteiger partial charge is 0.335 e. The number of rotatable bonds is 4. The Bertz CT molecular complexity index is 909. The van der Waals surface area contributed by atoms with Gasteiger partial charge in [0.1, 0.15) is 11.3 Å². The maximum Gasteiger partial charge on any atom is 0.335 e. The molecule has 6 nitrogen and oxygen atoms in total. The molecule has 0 unspecified atom stereocenters. The number of imide groups is 2. The van der Waals surface area contributed by atoms with E-state index >= 15 is 0 Å². The van der Waals surface area contributed by atoms with Gasteiger partial charge in [0.05, 0.1) is 16.8 Å². The summed E-state index contributed by atoms with van der Waals surface area (Å²) in [7, 11) is 0. The monoisotopic (exact) mass is 414 g/mol. The highest BCUT2D eigenvalue weighted by atomic mass is 79.9. The number of carbonyl (C=O) groups excluding carboxylic acids is 3. The molecule has 0 saturated carbocycles. The number of hydrogen-bond acceptors (Lipinski definition) is 4. The van der Waals surface area contributed by atoms with Crippen molar-refractivity contribution in [3.8, 4) is 5.75 Å². The lowest BCUT2D eigenvalue weighted by Gasteiger charge is -2.26. The molecule has 26 heavy (non-hydrogen) atoms. The van der Waals surface area contributed by atoms with Crippen molar-refractivity contribution in [2.24, 2.45) is 0 Å². The molecule has 1 fully saturated rings. The third-order valence-corrected chi connectivity index (χ3v) is 4.30. The van der Waals surface area contributed by atoms with Crippen molar-refractivity contribution in [2.45, 2.75) is 6.92 Å². The number of barbiturate groups is 1. The first-order chi connectivity index (χ1) is 12.5. The molecule has 0 aliphatic carbocycles. The van der Waals surface area contributed by atoms with Crippen molar-refractivity contribution in [3.63, 3.8) is 0 Å². The number of ether oxygens (including phenoxy) is 1. The van der Waals surface area contributed by atoms with E-state index in [2.05, 4.69) is 21.2 Å². The Labute approximate surface area is 158 Å². The number of nitrogens with one attached hydrogen (secondary N) is 1. The second-order valence-corrected chi connectivity index (χ2v) is 6.27. The van der Waals surface area contributed by atoms with E-state index in [0.717, 1.165) is 4.90 Å². The Kier molecular flexibility index (Phi) is 5.18. The first-order valence-corrected chi connectivity index (χ1v) is 8.69. The first-order valence-electron chi connectivity index (χ1n) is 7.90. The number of benzene rings is 2. The van der Waals surface area contributed by atoms with Gasteiger partial charge in [-0.25, -0.2) is 9.69 Å². The molecule has 0 atom stereocenters. The fraction of sp³-hybridized carbons (Fsp3) is 0.105. The molecule has 1 aliphatic heterocycles. The topological polar surface area (TPSA) is 75.7 Å². The van der Waals surface area contributed by atoms with E-state index < -0.39 is 17.8 Å². The average molecular weight is 415 g/mol. The largest absolute Gasteiger partial charge is 0.493 e. The average Bonchev–Trinajstić information content (AvgIpc) is 2.62. The molecule has 1 N–H and O–H groups in total. The van der Waals surface area contributed by atoms with Crippen molar-refractivity contribution in [1.29, 1.82) is 0 Å². The summed E-state index contributed by atoms with van der Waals surface area (Å²) in [4.78, 5) is 38.0. The third kappa shape index (κ3) is 3.52. The van der Waals surface area contributed by atoms with Gasteiger partial charge in [0.25, 0.3) is 11.8 Å². The Morgan fingerprint density at radius 3 is 2.50 bits per heavy atom. The van der Waals surface area contributed by atoms with Gasteiger partial charge < -0.3 is 4.74 Å². The number of para-hydroxylation sites is 1. The van der Waals surface area contributed by atoms with E-state index in [4.69, 9.17) is 4.74 Å². The molecule has 4 amide bonds. The van der Waals surface area contributed by atoms with Crippen LogP contribution in [0, 0.1) is 0 Å².